The van der Waals surface area contributed by atoms with Crippen LogP contribution in [0.15, 0.2) is 4.99 Å². The van der Waals surface area contributed by atoms with Gasteiger partial charge in [0.15, 0.2) is 0 Å². The van der Waals surface area contributed by atoms with E-state index in [9.17, 15) is 0 Å². The van der Waals surface area contributed by atoms with E-state index in [4.69, 9.17) is 11.5 Å². The van der Waals surface area contributed by atoms with E-state index in [0.717, 1.165) is 38.4 Å². The summed E-state index contributed by atoms with van der Waals surface area (Å²) in [6.07, 6.45) is 5.39. The second-order valence-electron chi connectivity index (χ2n) is 3.45. The quantitative estimate of drug-likeness (QED) is 0.639. The third-order valence-electron chi connectivity index (χ3n) is 2.67. The molecule has 3 heteroatoms. The molecule has 0 radical (unpaired) electrons. The lowest BCUT2D eigenvalue weighted by Crippen LogP contribution is -2.28. The van der Waals surface area contributed by atoms with E-state index in [-0.39, 0.29) is 0 Å². The van der Waals surface area contributed by atoms with Crippen LogP contribution in [0.2, 0.25) is 0 Å². The van der Waals surface area contributed by atoms with Gasteiger partial charge in [-0.3, -0.25) is 4.99 Å². The van der Waals surface area contributed by atoms with E-state index in [1.165, 1.54) is 6.42 Å². The van der Waals surface area contributed by atoms with Gasteiger partial charge in [-0.1, -0.05) is 0 Å². The lowest BCUT2D eigenvalue weighted by atomic mass is 9.84. The first-order chi connectivity index (χ1) is 5.88. The van der Waals surface area contributed by atoms with Crippen LogP contribution in [0, 0.1) is 11.8 Å². The second kappa shape index (κ2) is 5.27. The molecule has 0 saturated heterocycles. The van der Waals surface area contributed by atoms with Crippen LogP contribution in [-0.4, -0.2) is 25.8 Å². The molecule has 2 atom stereocenters. The molecule has 0 saturated carbocycles. The lowest BCUT2D eigenvalue weighted by Gasteiger charge is -2.25. The standard InChI is InChI=1S/C9H19N3/c10-4-1-9(7-11)8-2-5-12-6-3-8/h5,8-9H,1-4,6-7,10-11H2/t8?,9-/m1/s1. The van der Waals surface area contributed by atoms with Gasteiger partial charge in [0.05, 0.1) is 0 Å². The second-order valence-corrected chi connectivity index (χ2v) is 3.45. The van der Waals surface area contributed by atoms with Crippen LogP contribution in [0.4, 0.5) is 0 Å². The molecule has 0 aromatic carbocycles. The molecule has 12 heavy (non-hydrogen) atoms. The van der Waals surface area contributed by atoms with Crippen molar-refractivity contribution in [1.29, 1.82) is 0 Å². The predicted octanol–water partition coefficient (Wildman–Crippen LogP) is 0.391. The molecule has 0 aromatic heterocycles. The summed E-state index contributed by atoms with van der Waals surface area (Å²) in [4.78, 5) is 4.21. The Bertz CT molecular complexity index is 145. The van der Waals surface area contributed by atoms with Crippen LogP contribution in [0.5, 0.6) is 0 Å². The summed E-state index contributed by atoms with van der Waals surface area (Å²) < 4.78 is 0. The SMILES string of the molecule is NCC[C@H](CN)C1CC=NCC1. The Hall–Kier alpha value is -0.410. The molecule has 0 amide bonds. The van der Waals surface area contributed by atoms with Gasteiger partial charge in [-0.2, -0.15) is 0 Å². The molecular weight excluding hydrogens is 150 g/mol. The van der Waals surface area contributed by atoms with Crippen LogP contribution in [0.25, 0.3) is 0 Å². The number of nitrogens with two attached hydrogens (primary N) is 2. The maximum absolute atomic E-state index is 5.69. The predicted molar refractivity (Wildman–Crippen MR) is 52.3 cm³/mol. The van der Waals surface area contributed by atoms with Crippen molar-refractivity contribution in [2.45, 2.75) is 19.3 Å². The van der Waals surface area contributed by atoms with Gasteiger partial charge in [-0.05, 0) is 50.4 Å². The summed E-state index contributed by atoms with van der Waals surface area (Å²) in [5, 5.41) is 0. The highest BCUT2D eigenvalue weighted by atomic mass is 14.7. The van der Waals surface area contributed by atoms with Gasteiger partial charge in [0, 0.05) is 6.54 Å². The summed E-state index contributed by atoms with van der Waals surface area (Å²) in [5.41, 5.74) is 11.2. The molecule has 1 aliphatic rings. The van der Waals surface area contributed by atoms with Crippen molar-refractivity contribution < 1.29 is 0 Å². The molecule has 0 aromatic rings. The summed E-state index contributed by atoms with van der Waals surface area (Å²) >= 11 is 0. The number of nitrogens with zero attached hydrogens (tertiary/aromatic N) is 1. The molecule has 70 valence electrons. The van der Waals surface area contributed by atoms with Gasteiger partial charge < -0.3 is 11.5 Å². The van der Waals surface area contributed by atoms with Gasteiger partial charge >= 0.3 is 0 Å². The Balaban J connectivity index is 2.36. The van der Waals surface area contributed by atoms with Crippen LogP contribution < -0.4 is 11.5 Å². The average molecular weight is 169 g/mol. The van der Waals surface area contributed by atoms with Crippen molar-refractivity contribution in [3.63, 3.8) is 0 Å². The van der Waals surface area contributed by atoms with Gasteiger partial charge in [0.2, 0.25) is 0 Å². The summed E-state index contributed by atoms with van der Waals surface area (Å²) in [6, 6.07) is 0. The average Bonchev–Trinajstić information content (AvgIpc) is 2.15. The fraction of sp³-hybridized carbons (Fsp3) is 0.889. The zero-order valence-corrected chi connectivity index (χ0v) is 7.58. The van der Waals surface area contributed by atoms with Crippen molar-refractivity contribution in [1.82, 2.24) is 0 Å². The van der Waals surface area contributed by atoms with Gasteiger partial charge in [-0.25, -0.2) is 0 Å². The third kappa shape index (κ3) is 2.57. The monoisotopic (exact) mass is 169 g/mol. The van der Waals surface area contributed by atoms with Crippen molar-refractivity contribution in [2.24, 2.45) is 28.3 Å². The van der Waals surface area contributed by atoms with Crippen molar-refractivity contribution in [3.05, 3.63) is 0 Å². The van der Waals surface area contributed by atoms with Crippen molar-refractivity contribution in [3.8, 4) is 0 Å². The molecule has 1 aliphatic heterocycles. The fourth-order valence-electron chi connectivity index (χ4n) is 1.85. The molecule has 1 unspecified atom stereocenters. The highest BCUT2D eigenvalue weighted by molar-refractivity contribution is 5.58. The minimum absolute atomic E-state index is 0.613. The molecular formula is C9H19N3. The Morgan fingerprint density at radius 2 is 2.33 bits per heavy atom. The largest absolute Gasteiger partial charge is 0.330 e. The molecule has 0 aliphatic carbocycles. The first-order valence-corrected chi connectivity index (χ1v) is 4.77. The number of aliphatic imine (C=N–C) groups is 1. The minimum atomic E-state index is 0.613. The first-order valence-electron chi connectivity index (χ1n) is 4.77. The Kier molecular flexibility index (Phi) is 4.25. The Morgan fingerprint density at radius 3 is 2.83 bits per heavy atom. The van der Waals surface area contributed by atoms with Crippen molar-refractivity contribution in [2.75, 3.05) is 19.6 Å². The van der Waals surface area contributed by atoms with E-state index >= 15 is 0 Å². The molecule has 1 rings (SSSR count). The number of hydrogen-bond acceptors (Lipinski definition) is 3. The minimum Gasteiger partial charge on any atom is -0.330 e. The Labute approximate surface area is 74.2 Å². The van der Waals surface area contributed by atoms with E-state index < -0.39 is 0 Å². The zero-order chi connectivity index (χ0) is 8.81. The highest BCUT2D eigenvalue weighted by Gasteiger charge is 2.19. The lowest BCUT2D eigenvalue weighted by molar-refractivity contribution is 0.312. The Morgan fingerprint density at radius 1 is 1.50 bits per heavy atom. The first kappa shape index (κ1) is 9.68. The van der Waals surface area contributed by atoms with Crippen LogP contribution in [0.3, 0.4) is 0 Å². The van der Waals surface area contributed by atoms with E-state index in [0.29, 0.717) is 5.92 Å². The smallest absolute Gasteiger partial charge is 0.0388 e. The highest BCUT2D eigenvalue weighted by Crippen LogP contribution is 2.23. The van der Waals surface area contributed by atoms with Gasteiger partial charge in [0.25, 0.3) is 0 Å². The van der Waals surface area contributed by atoms with Crippen LogP contribution in [-0.2, 0) is 0 Å². The van der Waals surface area contributed by atoms with Crippen LogP contribution >= 0.6 is 0 Å². The number of rotatable bonds is 4. The van der Waals surface area contributed by atoms with E-state index in [1.54, 1.807) is 0 Å². The maximum atomic E-state index is 5.69. The molecule has 0 fully saturated rings. The molecule has 0 bridgehead atoms. The molecule has 4 N–H and O–H groups in total. The van der Waals surface area contributed by atoms with E-state index in [2.05, 4.69) is 4.99 Å². The van der Waals surface area contributed by atoms with Gasteiger partial charge in [-0.15, -0.1) is 0 Å². The summed E-state index contributed by atoms with van der Waals surface area (Å²) in [5.74, 6) is 1.35. The third-order valence-corrected chi connectivity index (χ3v) is 2.67. The normalized spacial score (nSPS) is 25.7. The van der Waals surface area contributed by atoms with Crippen LogP contribution in [0.1, 0.15) is 19.3 Å². The maximum Gasteiger partial charge on any atom is 0.0388 e. The zero-order valence-electron chi connectivity index (χ0n) is 7.58. The summed E-state index contributed by atoms with van der Waals surface area (Å²) in [6.45, 7) is 2.51. The van der Waals surface area contributed by atoms with Gasteiger partial charge in [0.1, 0.15) is 0 Å². The number of hydrogen-bond donors (Lipinski definition) is 2. The molecule has 0 spiro atoms. The molecule has 3 nitrogen and oxygen atoms in total. The topological polar surface area (TPSA) is 64.4 Å². The van der Waals surface area contributed by atoms with Crippen molar-refractivity contribution >= 4 is 6.21 Å². The fourth-order valence-corrected chi connectivity index (χ4v) is 1.85. The van der Waals surface area contributed by atoms with E-state index in [1.807, 2.05) is 6.21 Å². The molecule has 1 heterocycles. The summed E-state index contributed by atoms with van der Waals surface area (Å²) in [7, 11) is 0.